The number of guanidine groups is 1. The van der Waals surface area contributed by atoms with Crippen molar-refractivity contribution in [2.75, 3.05) is 6.61 Å². The third kappa shape index (κ3) is 10.2. The Labute approximate surface area is 141 Å². The molecule has 0 saturated carbocycles. The van der Waals surface area contributed by atoms with E-state index >= 15 is 0 Å². The molecule has 134 valence electrons. The maximum Gasteiger partial charge on any atom is 0.341 e. The minimum Gasteiger partial charge on any atom is -0.466 e. The molecule has 0 fully saturated rings. The Bertz CT molecular complexity index is 358. The number of ether oxygens (including phenoxy) is 1. The van der Waals surface area contributed by atoms with Gasteiger partial charge in [0.25, 0.3) is 0 Å². The number of nitrogens with two attached hydrogens (primary N) is 1. The molecule has 0 bridgehead atoms. The van der Waals surface area contributed by atoms with Crippen molar-refractivity contribution in [2.45, 2.75) is 96.6 Å². The summed E-state index contributed by atoms with van der Waals surface area (Å²) in [6, 6.07) is 0.846. The van der Waals surface area contributed by atoms with Gasteiger partial charge in [-0.05, 0) is 45.4 Å². The van der Waals surface area contributed by atoms with Gasteiger partial charge in [-0.1, -0.05) is 32.6 Å². The number of carbonyl (C=O) groups excluding carboxylic acids is 1. The van der Waals surface area contributed by atoms with Crippen LogP contribution in [0.5, 0.6) is 0 Å². The second-order valence-electron chi connectivity index (χ2n) is 6.76. The maximum atomic E-state index is 11.3. The highest BCUT2D eigenvalue weighted by atomic mass is 16.5. The van der Waals surface area contributed by atoms with Crippen molar-refractivity contribution in [2.24, 2.45) is 5.73 Å². The van der Waals surface area contributed by atoms with Gasteiger partial charge in [0, 0.05) is 6.42 Å². The van der Waals surface area contributed by atoms with Crippen LogP contribution in [0.1, 0.15) is 84.5 Å². The summed E-state index contributed by atoms with van der Waals surface area (Å²) < 4.78 is 5.20. The van der Waals surface area contributed by atoms with E-state index in [0.717, 1.165) is 32.1 Å². The lowest BCUT2D eigenvalue weighted by Crippen LogP contribution is -2.84. The summed E-state index contributed by atoms with van der Waals surface area (Å²) in [5, 5.41) is 3.35. The predicted octanol–water partition coefficient (Wildman–Crippen LogP) is 1.60. The lowest BCUT2D eigenvalue weighted by Gasteiger charge is -2.13. The van der Waals surface area contributed by atoms with Crippen molar-refractivity contribution >= 4 is 11.9 Å². The molecular weight excluding hydrogens is 290 g/mol. The second kappa shape index (κ2) is 12.2. The molecule has 0 amide bonds. The van der Waals surface area contributed by atoms with E-state index in [1.54, 1.807) is 0 Å². The van der Waals surface area contributed by atoms with Gasteiger partial charge >= 0.3 is 11.9 Å². The van der Waals surface area contributed by atoms with Crippen molar-refractivity contribution in [1.29, 1.82) is 0 Å². The zero-order valence-corrected chi connectivity index (χ0v) is 15.0. The molecule has 0 spiro atoms. The Morgan fingerprint density at radius 3 is 2.74 bits per heavy atom. The van der Waals surface area contributed by atoms with Gasteiger partial charge < -0.3 is 4.74 Å². The lowest BCUT2D eigenvalue weighted by molar-refractivity contribution is -0.508. The average molecular weight is 327 g/mol. The zero-order chi connectivity index (χ0) is 16.9. The van der Waals surface area contributed by atoms with Gasteiger partial charge in [0.05, 0.1) is 18.7 Å². The van der Waals surface area contributed by atoms with Crippen molar-refractivity contribution < 1.29 is 14.5 Å². The second-order valence-corrected chi connectivity index (χ2v) is 6.76. The van der Waals surface area contributed by atoms with Crippen LogP contribution >= 0.6 is 0 Å². The summed E-state index contributed by atoms with van der Waals surface area (Å²) in [7, 11) is 0. The highest BCUT2D eigenvalue weighted by Gasteiger charge is 2.14. The summed E-state index contributed by atoms with van der Waals surface area (Å²) in [5.74, 6) is 0.634. The van der Waals surface area contributed by atoms with Crippen LogP contribution in [0, 0.1) is 0 Å². The minimum absolute atomic E-state index is 0.0728. The number of rotatable bonds is 7. The molecule has 1 aliphatic heterocycles. The third-order valence-corrected chi connectivity index (χ3v) is 4.37. The number of carbonyl (C=O) groups is 1. The zero-order valence-electron chi connectivity index (χ0n) is 15.0. The molecule has 1 rings (SSSR count). The lowest BCUT2D eigenvalue weighted by atomic mass is 10.0. The van der Waals surface area contributed by atoms with E-state index in [0.29, 0.717) is 31.1 Å². The van der Waals surface area contributed by atoms with Gasteiger partial charge in [0.1, 0.15) is 0 Å². The fourth-order valence-electron chi connectivity index (χ4n) is 3.04. The Morgan fingerprint density at radius 2 is 2.00 bits per heavy atom. The number of hydrogen-bond acceptors (Lipinski definition) is 4. The molecule has 5 nitrogen and oxygen atoms in total. The summed E-state index contributed by atoms with van der Waals surface area (Å²) in [4.78, 5) is 14.7. The summed E-state index contributed by atoms with van der Waals surface area (Å²) in [5.41, 5.74) is 6.09. The predicted molar refractivity (Wildman–Crippen MR) is 94.0 cm³/mol. The summed E-state index contributed by atoms with van der Waals surface area (Å²) in [6.45, 7) is 4.72. The number of unbranched alkanes of at least 4 members (excludes halogenated alkanes) is 1. The molecule has 2 atom stereocenters. The Hall–Kier alpha value is -1.26. The molecular formula is C18H36N3O2+. The molecule has 0 aromatic carbocycles. The van der Waals surface area contributed by atoms with E-state index in [1.807, 2.05) is 6.92 Å². The standard InChI is InChI=1S/C18H35N3O2/c1-3-10-17(22)23-14-9-8-13-16-12-7-5-4-6-11-15(2)20-18(19)21-16/h15-16H,3-14H2,1-2H3,(H3,19,20,21)/p+1/t15-,16-/m1/s1. The first kappa shape index (κ1) is 19.8. The monoisotopic (exact) mass is 326 g/mol. The fraction of sp³-hybridized carbons (Fsp3) is 0.889. The maximum absolute atomic E-state index is 11.3. The van der Waals surface area contributed by atoms with E-state index in [4.69, 9.17) is 10.5 Å². The van der Waals surface area contributed by atoms with E-state index < -0.39 is 0 Å². The summed E-state index contributed by atoms with van der Waals surface area (Å²) >= 11 is 0. The Balaban J connectivity index is 2.31. The molecule has 0 unspecified atom stereocenters. The van der Waals surface area contributed by atoms with E-state index in [-0.39, 0.29) is 5.97 Å². The van der Waals surface area contributed by atoms with Gasteiger partial charge in [0.2, 0.25) is 0 Å². The topological polar surface area (TPSA) is 78.3 Å². The minimum atomic E-state index is -0.0728. The highest BCUT2D eigenvalue weighted by molar-refractivity contribution is 5.72. The molecule has 0 aromatic rings. The number of esters is 1. The Kier molecular flexibility index (Phi) is 10.5. The van der Waals surface area contributed by atoms with Crippen LogP contribution in [0.4, 0.5) is 0 Å². The number of nitrogens with one attached hydrogen (secondary N) is 2. The van der Waals surface area contributed by atoms with Crippen LogP contribution in [-0.4, -0.2) is 30.6 Å². The highest BCUT2D eigenvalue weighted by Crippen LogP contribution is 2.11. The van der Waals surface area contributed by atoms with E-state index in [9.17, 15) is 4.79 Å². The van der Waals surface area contributed by atoms with Gasteiger partial charge in [-0.2, -0.15) is 0 Å². The van der Waals surface area contributed by atoms with Gasteiger partial charge in [-0.15, -0.1) is 0 Å². The van der Waals surface area contributed by atoms with Gasteiger partial charge in [-0.25, -0.2) is 0 Å². The van der Waals surface area contributed by atoms with Crippen molar-refractivity contribution in [3.8, 4) is 0 Å². The summed E-state index contributed by atoms with van der Waals surface area (Å²) in [6.07, 6.45) is 11.9. The van der Waals surface area contributed by atoms with Crippen LogP contribution in [0.2, 0.25) is 0 Å². The largest absolute Gasteiger partial charge is 0.466 e. The third-order valence-electron chi connectivity index (χ3n) is 4.37. The van der Waals surface area contributed by atoms with E-state index in [1.165, 1.54) is 32.1 Å². The average Bonchev–Trinajstić information content (AvgIpc) is 2.52. The van der Waals surface area contributed by atoms with Gasteiger partial charge in [-0.3, -0.25) is 20.8 Å². The molecule has 0 aliphatic carbocycles. The van der Waals surface area contributed by atoms with Crippen molar-refractivity contribution in [1.82, 2.24) is 5.32 Å². The fourth-order valence-corrected chi connectivity index (χ4v) is 3.04. The van der Waals surface area contributed by atoms with Crippen LogP contribution in [0.15, 0.2) is 0 Å². The Morgan fingerprint density at radius 1 is 1.26 bits per heavy atom. The SMILES string of the molecule is CCCC(=O)OCCCC[C@H]1CCCCCC[C@@H](C)NC(N)=[NH+]1. The van der Waals surface area contributed by atoms with Gasteiger partial charge in [0.15, 0.2) is 0 Å². The molecule has 0 aromatic heterocycles. The van der Waals surface area contributed by atoms with Crippen LogP contribution in [-0.2, 0) is 9.53 Å². The van der Waals surface area contributed by atoms with Crippen LogP contribution in [0.3, 0.4) is 0 Å². The first-order valence-electron chi connectivity index (χ1n) is 9.43. The normalized spacial score (nSPS) is 23.3. The quantitative estimate of drug-likeness (QED) is 0.490. The molecule has 1 aliphatic rings. The molecule has 5 heteroatoms. The number of hydrogen-bond donors (Lipinski definition) is 3. The van der Waals surface area contributed by atoms with Crippen molar-refractivity contribution in [3.63, 3.8) is 0 Å². The van der Waals surface area contributed by atoms with Crippen molar-refractivity contribution in [3.05, 3.63) is 0 Å². The van der Waals surface area contributed by atoms with Crippen LogP contribution in [0.25, 0.3) is 0 Å². The van der Waals surface area contributed by atoms with E-state index in [2.05, 4.69) is 17.2 Å². The molecule has 0 radical (unpaired) electrons. The smallest absolute Gasteiger partial charge is 0.341 e. The first-order valence-corrected chi connectivity index (χ1v) is 9.43. The molecule has 0 saturated heterocycles. The molecule has 1 heterocycles. The molecule has 4 N–H and O–H groups in total. The van der Waals surface area contributed by atoms with Crippen LogP contribution < -0.4 is 16.0 Å². The molecule has 23 heavy (non-hydrogen) atoms. The first-order chi connectivity index (χ1) is 11.1.